The quantitative estimate of drug-likeness (QED) is 0.162. The maximum absolute atomic E-state index is 5.15. The van der Waals surface area contributed by atoms with Crippen LogP contribution in [-0.4, -0.2) is 14.1 Å². The smallest absolute Gasteiger partial charge is 0.138 e. The molecule has 3 nitrogen and oxygen atoms in total. The molecule has 0 fully saturated rings. The van der Waals surface area contributed by atoms with Crippen LogP contribution >= 0.6 is 11.3 Å². The first kappa shape index (κ1) is 34.6. The minimum atomic E-state index is 0.919. The highest BCUT2D eigenvalue weighted by molar-refractivity contribution is 7.25. The van der Waals surface area contributed by atoms with Crippen LogP contribution in [0.2, 0.25) is 0 Å². The van der Waals surface area contributed by atoms with Crippen molar-refractivity contribution in [2.24, 2.45) is 0 Å². The van der Waals surface area contributed by atoms with E-state index in [-0.39, 0.29) is 0 Å². The van der Waals surface area contributed by atoms with Crippen molar-refractivity contribution in [1.82, 2.24) is 14.1 Å². The lowest BCUT2D eigenvalue weighted by molar-refractivity contribution is 1.09. The van der Waals surface area contributed by atoms with Gasteiger partial charge in [-0.1, -0.05) is 140 Å². The van der Waals surface area contributed by atoms with Crippen molar-refractivity contribution in [2.45, 2.75) is 0 Å². The second-order valence-corrected chi connectivity index (χ2v) is 17.8. The second kappa shape index (κ2) is 13.2. The van der Waals surface area contributed by atoms with Gasteiger partial charge in [-0.25, -0.2) is 4.98 Å². The third-order valence-electron chi connectivity index (χ3n) is 13.3. The molecule has 0 N–H and O–H groups in total. The van der Waals surface area contributed by atoms with E-state index in [4.69, 9.17) is 4.98 Å². The molecule has 4 heterocycles. The van der Waals surface area contributed by atoms with Gasteiger partial charge in [0.05, 0.1) is 26.8 Å². The van der Waals surface area contributed by atoms with Crippen LogP contribution in [-0.2, 0) is 0 Å². The summed E-state index contributed by atoms with van der Waals surface area (Å²) < 4.78 is 7.18. The number of hydrogen-bond acceptors (Lipinski definition) is 2. The monoisotopic (exact) mass is 817 g/mol. The third-order valence-corrected chi connectivity index (χ3v) is 14.5. The van der Waals surface area contributed by atoms with Crippen LogP contribution in [0, 0.1) is 0 Å². The maximum Gasteiger partial charge on any atom is 0.138 e. The van der Waals surface area contributed by atoms with Gasteiger partial charge in [-0.05, 0) is 121 Å². The first-order chi connectivity index (χ1) is 31.2. The van der Waals surface area contributed by atoms with Crippen molar-refractivity contribution >= 4 is 107 Å². The molecule has 63 heavy (non-hydrogen) atoms. The van der Waals surface area contributed by atoms with Gasteiger partial charge in [0.1, 0.15) is 5.82 Å². The van der Waals surface area contributed by atoms with E-state index < -0.39 is 0 Å². The zero-order valence-corrected chi connectivity index (χ0v) is 34.8. The van der Waals surface area contributed by atoms with E-state index in [1.807, 2.05) is 11.3 Å². The van der Waals surface area contributed by atoms with Crippen molar-refractivity contribution < 1.29 is 0 Å². The van der Waals surface area contributed by atoms with Crippen molar-refractivity contribution in [3.05, 3.63) is 212 Å². The van der Waals surface area contributed by atoms with Gasteiger partial charge in [-0.3, -0.25) is 4.57 Å². The average Bonchev–Trinajstić information content (AvgIpc) is 4.01. The number of thiophene rings is 1. The zero-order chi connectivity index (χ0) is 41.2. The lowest BCUT2D eigenvalue weighted by Gasteiger charge is -2.12. The molecular weight excluding hydrogens is 783 g/mol. The van der Waals surface area contributed by atoms with Gasteiger partial charge in [0.2, 0.25) is 0 Å². The van der Waals surface area contributed by atoms with Crippen LogP contribution in [0.3, 0.4) is 0 Å². The topological polar surface area (TPSA) is 22.8 Å². The first-order valence-corrected chi connectivity index (χ1v) is 22.3. The molecule has 10 aromatic carbocycles. The molecule has 4 aromatic heterocycles. The number of pyridine rings is 1. The van der Waals surface area contributed by atoms with Crippen LogP contribution < -0.4 is 0 Å². The van der Waals surface area contributed by atoms with E-state index >= 15 is 0 Å². The van der Waals surface area contributed by atoms with Gasteiger partial charge >= 0.3 is 0 Å². The lowest BCUT2D eigenvalue weighted by atomic mass is 9.91. The summed E-state index contributed by atoms with van der Waals surface area (Å²) in [5.41, 5.74) is 10.7. The van der Waals surface area contributed by atoms with Crippen LogP contribution in [0.5, 0.6) is 0 Å². The Balaban J connectivity index is 0.888. The predicted molar refractivity (Wildman–Crippen MR) is 269 cm³/mol. The molecular formula is C59H35N3S. The highest BCUT2D eigenvalue weighted by atomic mass is 32.1. The lowest BCUT2D eigenvalue weighted by Crippen LogP contribution is -1.97. The molecule has 0 radical (unpaired) electrons. The summed E-state index contributed by atoms with van der Waals surface area (Å²) in [5, 5.41) is 15.2. The highest BCUT2D eigenvalue weighted by Gasteiger charge is 2.18. The summed E-state index contributed by atoms with van der Waals surface area (Å²) in [5.74, 6) is 0.919. The van der Waals surface area contributed by atoms with Crippen molar-refractivity contribution in [3.8, 4) is 33.8 Å². The number of benzene rings is 10. The molecule has 0 aliphatic heterocycles. The van der Waals surface area contributed by atoms with Gasteiger partial charge in [-0.2, -0.15) is 0 Å². The molecule has 0 saturated carbocycles. The van der Waals surface area contributed by atoms with Crippen molar-refractivity contribution in [2.75, 3.05) is 0 Å². The number of hydrogen-bond donors (Lipinski definition) is 0. The van der Waals surface area contributed by atoms with Crippen LogP contribution in [0.25, 0.3) is 130 Å². The molecule has 14 rings (SSSR count). The van der Waals surface area contributed by atoms with Crippen molar-refractivity contribution in [3.63, 3.8) is 0 Å². The summed E-state index contributed by atoms with van der Waals surface area (Å²) >= 11 is 1.81. The van der Waals surface area contributed by atoms with E-state index in [1.54, 1.807) is 0 Å². The van der Waals surface area contributed by atoms with Crippen LogP contribution in [0.15, 0.2) is 212 Å². The summed E-state index contributed by atoms with van der Waals surface area (Å²) in [4.78, 5) is 5.15. The Morgan fingerprint density at radius 2 is 0.762 bits per heavy atom. The molecule has 4 heteroatoms. The minimum Gasteiger partial charge on any atom is -0.309 e. The molecule has 0 amide bonds. The standard InChI is InChI=1S/C59H35N3S/c1-2-16-43-41(14-1)42-15-3-4-17-44(42)49-31-38(24-27-45(43)49)36-12-11-13-37(30-36)39-25-29-57-51(32-39)52-34-59(60-35-58(52)63-57)62-55-23-10-7-20-48(55)50-33-40(26-28-56(50)62)61-53-21-8-5-18-46(53)47-19-6-9-22-54(47)61/h1-35H. The zero-order valence-electron chi connectivity index (χ0n) is 34.0. The fourth-order valence-electron chi connectivity index (χ4n) is 10.5. The Bertz CT molecular complexity index is 4130. The Kier molecular flexibility index (Phi) is 7.27. The van der Waals surface area contributed by atoms with Gasteiger partial charge in [0.25, 0.3) is 0 Å². The number of fused-ring (bicyclic) bond motifs is 15. The molecule has 0 unspecified atom stereocenters. The number of rotatable bonds is 4. The number of aromatic nitrogens is 3. The number of nitrogens with zero attached hydrogens (tertiary/aromatic N) is 3. The third kappa shape index (κ3) is 5.10. The second-order valence-electron chi connectivity index (χ2n) is 16.7. The van der Waals surface area contributed by atoms with Crippen molar-refractivity contribution in [1.29, 1.82) is 0 Å². The van der Waals surface area contributed by atoms with Gasteiger partial charge in [-0.15, -0.1) is 11.3 Å². The normalized spacial score (nSPS) is 12.1. The molecule has 0 bridgehead atoms. The Morgan fingerprint density at radius 1 is 0.286 bits per heavy atom. The molecule has 0 atom stereocenters. The maximum atomic E-state index is 5.15. The fourth-order valence-corrected chi connectivity index (χ4v) is 11.5. The molecule has 0 spiro atoms. The highest BCUT2D eigenvalue weighted by Crippen LogP contribution is 2.42. The first-order valence-electron chi connectivity index (χ1n) is 21.5. The fraction of sp³-hybridized carbons (Fsp3) is 0. The Hall–Kier alpha value is -8.05. The predicted octanol–water partition coefficient (Wildman–Crippen LogP) is 16.4. The van der Waals surface area contributed by atoms with E-state index in [9.17, 15) is 0 Å². The molecule has 292 valence electrons. The average molecular weight is 818 g/mol. The Morgan fingerprint density at radius 3 is 1.41 bits per heavy atom. The summed E-state index contributed by atoms with van der Waals surface area (Å²) in [6, 6.07) is 75.9. The summed E-state index contributed by atoms with van der Waals surface area (Å²) in [6.07, 6.45) is 2.06. The van der Waals surface area contributed by atoms with Crippen LogP contribution in [0.4, 0.5) is 0 Å². The van der Waals surface area contributed by atoms with Gasteiger partial charge < -0.3 is 4.57 Å². The van der Waals surface area contributed by atoms with E-state index in [0.29, 0.717) is 0 Å². The summed E-state index contributed by atoms with van der Waals surface area (Å²) in [6.45, 7) is 0. The van der Waals surface area contributed by atoms with E-state index in [0.717, 1.165) is 22.5 Å². The summed E-state index contributed by atoms with van der Waals surface area (Å²) in [7, 11) is 0. The minimum absolute atomic E-state index is 0.919. The van der Waals surface area contributed by atoms with E-state index in [2.05, 4.69) is 222 Å². The Labute approximate surface area is 365 Å². The molecule has 0 aliphatic carbocycles. The molecule has 0 aliphatic rings. The molecule has 14 aromatic rings. The van der Waals surface area contributed by atoms with Gasteiger partial charge in [0, 0.05) is 48.9 Å². The van der Waals surface area contributed by atoms with Gasteiger partial charge in [0.15, 0.2) is 0 Å². The molecule has 0 saturated heterocycles. The van der Waals surface area contributed by atoms with E-state index in [1.165, 1.54) is 107 Å². The number of para-hydroxylation sites is 3. The SMILES string of the molecule is c1cc(-c2ccc3sc4cnc(-n5c6ccccc6c6cc(-n7c8ccccc8c8ccccc87)ccc65)cc4c3c2)cc(-c2ccc3c4ccccc4c4ccccc4c3c2)c1. The largest absolute Gasteiger partial charge is 0.309 e. The van der Waals surface area contributed by atoms with Crippen LogP contribution in [0.1, 0.15) is 0 Å².